The number of hydrogen-bond acceptors (Lipinski definition) is 4. The zero-order valence-corrected chi connectivity index (χ0v) is 12.2. The van der Waals surface area contributed by atoms with Gasteiger partial charge < -0.3 is 20.6 Å². The summed E-state index contributed by atoms with van der Waals surface area (Å²) in [5.74, 6) is -0.173. The van der Waals surface area contributed by atoms with Gasteiger partial charge in [0.25, 0.3) is 0 Å². The number of aliphatic hydroxyl groups is 3. The first-order chi connectivity index (χ1) is 8.95. The van der Waals surface area contributed by atoms with Crippen LogP contribution in [0.3, 0.4) is 0 Å². The Morgan fingerprint density at radius 2 is 2.11 bits per heavy atom. The van der Waals surface area contributed by atoms with Gasteiger partial charge in [0.05, 0.1) is 12.7 Å². The fraction of sp³-hybridized carbons (Fsp3) is 0.462. The summed E-state index contributed by atoms with van der Waals surface area (Å²) in [6.45, 7) is 1.55. The van der Waals surface area contributed by atoms with E-state index < -0.39 is 12.2 Å². The Kier molecular flexibility index (Phi) is 6.44. The molecule has 0 radical (unpaired) electrons. The lowest BCUT2D eigenvalue weighted by Crippen LogP contribution is -2.27. The minimum Gasteiger partial charge on any atom is -0.392 e. The van der Waals surface area contributed by atoms with Crippen LogP contribution in [0.2, 0.25) is 0 Å². The van der Waals surface area contributed by atoms with Gasteiger partial charge in [0.2, 0.25) is 5.91 Å². The molecule has 0 heterocycles. The van der Waals surface area contributed by atoms with Crippen LogP contribution in [-0.4, -0.2) is 33.9 Å². The topological polar surface area (TPSA) is 89.8 Å². The average Bonchev–Trinajstić information content (AvgIpc) is 2.38. The molecule has 0 fully saturated rings. The van der Waals surface area contributed by atoms with Gasteiger partial charge in [0, 0.05) is 17.9 Å². The van der Waals surface area contributed by atoms with Crippen LogP contribution in [-0.2, 0) is 11.4 Å². The maximum absolute atomic E-state index is 10.7. The monoisotopic (exact) mass is 331 g/mol. The lowest BCUT2D eigenvalue weighted by molar-refractivity contribution is -0.119. The van der Waals surface area contributed by atoms with Gasteiger partial charge in [-0.2, -0.15) is 0 Å². The number of nitrogens with one attached hydrogen (secondary N) is 1. The van der Waals surface area contributed by atoms with E-state index in [4.69, 9.17) is 5.11 Å². The van der Waals surface area contributed by atoms with Crippen molar-refractivity contribution in [2.45, 2.75) is 32.2 Å². The molecular weight excluding hydrogens is 314 g/mol. The van der Waals surface area contributed by atoms with E-state index in [0.717, 1.165) is 4.47 Å². The highest BCUT2D eigenvalue weighted by Gasteiger charge is 2.19. The Hall–Kier alpha value is -0.950. The van der Waals surface area contributed by atoms with Crippen molar-refractivity contribution in [1.29, 1.82) is 0 Å². The molecule has 0 aliphatic rings. The fourth-order valence-electron chi connectivity index (χ4n) is 1.68. The van der Waals surface area contributed by atoms with Crippen molar-refractivity contribution in [3.05, 3.63) is 33.8 Å². The molecule has 1 aromatic carbocycles. The van der Waals surface area contributed by atoms with E-state index in [1.54, 1.807) is 18.2 Å². The van der Waals surface area contributed by atoms with E-state index in [1.165, 1.54) is 6.92 Å². The first-order valence-electron chi connectivity index (χ1n) is 5.95. The SMILES string of the molecule is CC(=O)NCCC(O)C(O)c1ccc(Br)c(CO)c1. The smallest absolute Gasteiger partial charge is 0.216 e. The quantitative estimate of drug-likeness (QED) is 0.622. The second kappa shape index (κ2) is 7.59. The number of rotatable bonds is 6. The van der Waals surface area contributed by atoms with Crippen molar-refractivity contribution in [3.63, 3.8) is 0 Å². The van der Waals surface area contributed by atoms with E-state index in [-0.39, 0.29) is 18.9 Å². The number of amides is 1. The maximum atomic E-state index is 10.7. The molecule has 0 aliphatic carbocycles. The van der Waals surface area contributed by atoms with Gasteiger partial charge in [-0.15, -0.1) is 0 Å². The highest BCUT2D eigenvalue weighted by molar-refractivity contribution is 9.10. The van der Waals surface area contributed by atoms with Crippen molar-refractivity contribution in [2.24, 2.45) is 0 Å². The number of halogens is 1. The summed E-state index contributed by atoms with van der Waals surface area (Å²) in [6, 6.07) is 5.02. The molecular formula is C13H18BrNO4. The number of benzene rings is 1. The second-order valence-electron chi connectivity index (χ2n) is 4.29. The van der Waals surface area contributed by atoms with Crippen LogP contribution in [0.4, 0.5) is 0 Å². The molecule has 2 unspecified atom stereocenters. The van der Waals surface area contributed by atoms with Gasteiger partial charge in [-0.05, 0) is 29.7 Å². The maximum Gasteiger partial charge on any atom is 0.216 e. The molecule has 1 aromatic rings. The molecule has 0 saturated carbocycles. The zero-order valence-electron chi connectivity index (χ0n) is 10.6. The van der Waals surface area contributed by atoms with Crippen LogP contribution in [0.5, 0.6) is 0 Å². The Bertz CT molecular complexity index is 439. The second-order valence-corrected chi connectivity index (χ2v) is 5.15. The van der Waals surface area contributed by atoms with Crippen molar-refractivity contribution >= 4 is 21.8 Å². The standard InChI is InChI=1S/C13H18BrNO4/c1-8(17)15-5-4-12(18)13(19)9-2-3-11(14)10(6-9)7-16/h2-3,6,12-13,16,18-19H,4-5,7H2,1H3,(H,15,17). The average molecular weight is 332 g/mol. The van der Waals surface area contributed by atoms with E-state index >= 15 is 0 Å². The molecule has 6 heteroatoms. The van der Waals surface area contributed by atoms with Crippen molar-refractivity contribution in [1.82, 2.24) is 5.32 Å². The Balaban J connectivity index is 2.65. The number of aliphatic hydroxyl groups excluding tert-OH is 3. The summed E-state index contributed by atoms with van der Waals surface area (Å²) in [4.78, 5) is 10.7. The number of carbonyl (C=O) groups excluding carboxylic acids is 1. The van der Waals surface area contributed by atoms with E-state index in [2.05, 4.69) is 21.2 Å². The number of carbonyl (C=O) groups is 1. The van der Waals surface area contributed by atoms with E-state index in [9.17, 15) is 15.0 Å². The van der Waals surface area contributed by atoms with E-state index in [1.807, 2.05) is 0 Å². The van der Waals surface area contributed by atoms with Crippen LogP contribution in [0.25, 0.3) is 0 Å². The molecule has 1 amide bonds. The zero-order chi connectivity index (χ0) is 14.4. The third-order valence-electron chi connectivity index (χ3n) is 2.76. The normalized spacial score (nSPS) is 13.9. The molecule has 0 aromatic heterocycles. The minimum absolute atomic E-state index is 0.150. The molecule has 0 saturated heterocycles. The minimum atomic E-state index is -1.05. The Labute approximate surface area is 120 Å². The largest absolute Gasteiger partial charge is 0.392 e. The Morgan fingerprint density at radius 1 is 1.42 bits per heavy atom. The molecule has 5 nitrogen and oxygen atoms in total. The molecule has 0 bridgehead atoms. The summed E-state index contributed by atoms with van der Waals surface area (Å²) in [7, 11) is 0. The van der Waals surface area contributed by atoms with Crippen LogP contribution in [0.1, 0.15) is 30.6 Å². The van der Waals surface area contributed by atoms with Gasteiger partial charge in [-0.25, -0.2) is 0 Å². The van der Waals surface area contributed by atoms with Gasteiger partial charge in [-0.1, -0.05) is 22.0 Å². The van der Waals surface area contributed by atoms with Gasteiger partial charge >= 0.3 is 0 Å². The lowest BCUT2D eigenvalue weighted by atomic mass is 10.0. The molecule has 1 rings (SSSR count). The fourth-order valence-corrected chi connectivity index (χ4v) is 2.05. The molecule has 4 N–H and O–H groups in total. The highest BCUT2D eigenvalue weighted by atomic mass is 79.9. The Morgan fingerprint density at radius 3 is 2.68 bits per heavy atom. The summed E-state index contributed by atoms with van der Waals surface area (Å²) in [5.41, 5.74) is 1.17. The first-order valence-corrected chi connectivity index (χ1v) is 6.74. The van der Waals surface area contributed by atoms with Crippen LogP contribution >= 0.6 is 15.9 Å². The summed E-state index contributed by atoms with van der Waals surface area (Å²) >= 11 is 3.28. The van der Waals surface area contributed by atoms with Gasteiger partial charge in [0.15, 0.2) is 0 Å². The summed E-state index contributed by atoms with van der Waals surface area (Å²) in [5, 5.41) is 31.5. The van der Waals surface area contributed by atoms with Crippen LogP contribution < -0.4 is 5.32 Å². The lowest BCUT2D eigenvalue weighted by Gasteiger charge is -2.19. The summed E-state index contributed by atoms with van der Waals surface area (Å²) in [6.07, 6.45) is -1.77. The highest BCUT2D eigenvalue weighted by Crippen LogP contribution is 2.24. The molecule has 0 spiro atoms. The van der Waals surface area contributed by atoms with Gasteiger partial charge in [-0.3, -0.25) is 4.79 Å². The van der Waals surface area contributed by atoms with Gasteiger partial charge in [0.1, 0.15) is 6.10 Å². The third-order valence-corrected chi connectivity index (χ3v) is 3.53. The van der Waals surface area contributed by atoms with E-state index in [0.29, 0.717) is 17.7 Å². The van der Waals surface area contributed by atoms with Crippen molar-refractivity contribution in [3.8, 4) is 0 Å². The predicted octanol–water partition coefficient (Wildman–Crippen LogP) is 0.862. The van der Waals surface area contributed by atoms with Crippen LogP contribution in [0.15, 0.2) is 22.7 Å². The predicted molar refractivity (Wildman–Crippen MR) is 74.3 cm³/mol. The molecule has 2 atom stereocenters. The molecule has 0 aliphatic heterocycles. The first kappa shape index (κ1) is 16.1. The molecule has 19 heavy (non-hydrogen) atoms. The van der Waals surface area contributed by atoms with Crippen molar-refractivity contribution in [2.75, 3.05) is 6.54 Å². The molecule has 106 valence electrons. The number of hydrogen-bond donors (Lipinski definition) is 4. The van der Waals surface area contributed by atoms with Crippen LogP contribution in [0, 0.1) is 0 Å². The summed E-state index contributed by atoms with van der Waals surface area (Å²) < 4.78 is 0.749. The van der Waals surface area contributed by atoms with Crippen molar-refractivity contribution < 1.29 is 20.1 Å². The third kappa shape index (κ3) is 4.91.